The van der Waals surface area contributed by atoms with Crippen LogP contribution in [0.1, 0.15) is 26.2 Å². The number of hydrogen-bond acceptors (Lipinski definition) is 4. The lowest BCUT2D eigenvalue weighted by Gasteiger charge is -2.31. The molecule has 1 heterocycles. The molecule has 1 rings (SSSR count). The third-order valence-corrected chi connectivity index (χ3v) is 3.91. The lowest BCUT2D eigenvalue weighted by atomic mass is 10.1. The van der Waals surface area contributed by atoms with Crippen molar-refractivity contribution in [2.75, 3.05) is 47.4 Å². The van der Waals surface area contributed by atoms with Crippen molar-refractivity contribution in [2.45, 2.75) is 38.3 Å². The first kappa shape index (κ1) is 16.4. The van der Waals surface area contributed by atoms with E-state index in [9.17, 15) is 4.79 Å². The van der Waals surface area contributed by atoms with Crippen molar-refractivity contribution in [3.8, 4) is 0 Å². The van der Waals surface area contributed by atoms with Crippen LogP contribution in [0.5, 0.6) is 0 Å². The summed E-state index contributed by atoms with van der Waals surface area (Å²) in [6.07, 6.45) is 3.46. The molecule has 0 aromatic heterocycles. The molecule has 0 radical (unpaired) electrons. The van der Waals surface area contributed by atoms with Gasteiger partial charge in [0.25, 0.3) is 0 Å². The second-order valence-corrected chi connectivity index (χ2v) is 5.46. The lowest BCUT2D eigenvalue weighted by Crippen LogP contribution is -2.46. The molecule has 0 saturated carbocycles. The quantitative estimate of drug-likeness (QED) is 0.735. The highest BCUT2D eigenvalue weighted by Crippen LogP contribution is 2.11. The van der Waals surface area contributed by atoms with Crippen LogP contribution in [0.15, 0.2) is 0 Å². The van der Waals surface area contributed by atoms with Crippen molar-refractivity contribution in [1.29, 1.82) is 0 Å². The number of carbonyl (C=O) groups is 1. The van der Waals surface area contributed by atoms with Crippen LogP contribution in [0.4, 0.5) is 0 Å². The zero-order valence-corrected chi connectivity index (χ0v) is 12.8. The maximum atomic E-state index is 12.0. The van der Waals surface area contributed by atoms with Crippen LogP contribution in [0.2, 0.25) is 0 Å². The molecule has 5 heteroatoms. The topological polar surface area (TPSA) is 44.8 Å². The molecule has 0 aromatic carbocycles. The Labute approximate surface area is 117 Å². The maximum absolute atomic E-state index is 12.0. The number of nitrogens with zero attached hydrogens (tertiary/aromatic N) is 2. The molecule has 0 aromatic rings. The van der Waals surface area contributed by atoms with Gasteiger partial charge in [-0.2, -0.15) is 0 Å². The highest BCUT2D eigenvalue weighted by atomic mass is 16.5. The summed E-state index contributed by atoms with van der Waals surface area (Å²) in [7, 11) is 5.68. The fourth-order valence-electron chi connectivity index (χ4n) is 2.61. The minimum absolute atomic E-state index is 0.0146. The van der Waals surface area contributed by atoms with Crippen molar-refractivity contribution in [3.63, 3.8) is 0 Å². The number of piperidine rings is 1. The lowest BCUT2D eigenvalue weighted by molar-refractivity contribution is -0.125. The summed E-state index contributed by atoms with van der Waals surface area (Å²) in [5.74, 6) is 0.138. The van der Waals surface area contributed by atoms with Crippen molar-refractivity contribution < 1.29 is 9.53 Å². The van der Waals surface area contributed by atoms with Crippen LogP contribution in [-0.2, 0) is 9.53 Å². The number of methoxy groups -OCH3 is 1. The normalized spacial score (nSPS) is 19.6. The zero-order valence-electron chi connectivity index (χ0n) is 12.8. The Kier molecular flexibility index (Phi) is 7.34. The Morgan fingerprint density at radius 3 is 2.53 bits per heavy atom. The first-order valence-electron chi connectivity index (χ1n) is 7.27. The number of likely N-dealkylation sites (N-methyl/N-ethyl adjacent to an activating group) is 1. The van der Waals surface area contributed by atoms with E-state index in [1.165, 1.54) is 0 Å². The van der Waals surface area contributed by atoms with E-state index in [-0.39, 0.29) is 11.9 Å². The summed E-state index contributed by atoms with van der Waals surface area (Å²) in [6.45, 7) is 5.85. The number of nitrogens with one attached hydrogen (secondary N) is 1. The van der Waals surface area contributed by atoms with Gasteiger partial charge in [-0.05, 0) is 33.4 Å². The Balaban J connectivity index is 2.18. The van der Waals surface area contributed by atoms with E-state index >= 15 is 0 Å². The third kappa shape index (κ3) is 5.47. The van der Waals surface area contributed by atoms with Crippen LogP contribution in [-0.4, -0.2) is 75.2 Å². The summed E-state index contributed by atoms with van der Waals surface area (Å²) in [5.41, 5.74) is 0. The fourth-order valence-corrected chi connectivity index (χ4v) is 2.61. The van der Waals surface area contributed by atoms with Crippen LogP contribution in [0.25, 0.3) is 0 Å². The van der Waals surface area contributed by atoms with E-state index < -0.39 is 0 Å². The molecule has 1 aliphatic heterocycles. The average Bonchev–Trinajstić information content (AvgIpc) is 2.40. The highest BCUT2D eigenvalue weighted by Gasteiger charge is 2.20. The van der Waals surface area contributed by atoms with Gasteiger partial charge in [0.2, 0.25) is 5.91 Å². The van der Waals surface area contributed by atoms with Gasteiger partial charge in [-0.25, -0.2) is 0 Å². The van der Waals surface area contributed by atoms with E-state index in [1.807, 2.05) is 25.9 Å². The van der Waals surface area contributed by atoms with Gasteiger partial charge in [0.05, 0.1) is 12.1 Å². The number of rotatable bonds is 7. The molecule has 0 aliphatic carbocycles. The fraction of sp³-hybridized carbons (Fsp3) is 0.929. The predicted molar refractivity (Wildman–Crippen MR) is 77.2 cm³/mol. The van der Waals surface area contributed by atoms with Gasteiger partial charge in [0.1, 0.15) is 0 Å². The molecule has 5 nitrogen and oxygen atoms in total. The minimum atomic E-state index is -0.0146. The standard InChI is InChI=1S/C14H29N3O2/c1-5-13(16(2)3)14(18)15-8-11-17-9-6-12(19-4)7-10-17/h12-13H,5-11H2,1-4H3,(H,15,18). The summed E-state index contributed by atoms with van der Waals surface area (Å²) < 4.78 is 5.35. The van der Waals surface area contributed by atoms with Crippen LogP contribution < -0.4 is 5.32 Å². The van der Waals surface area contributed by atoms with Gasteiger partial charge in [-0.15, -0.1) is 0 Å². The van der Waals surface area contributed by atoms with E-state index in [2.05, 4.69) is 10.2 Å². The number of amides is 1. The Morgan fingerprint density at radius 2 is 2.05 bits per heavy atom. The Morgan fingerprint density at radius 1 is 1.42 bits per heavy atom. The molecule has 0 bridgehead atoms. The third-order valence-electron chi connectivity index (χ3n) is 3.91. The number of ether oxygens (including phenoxy) is 1. The van der Waals surface area contributed by atoms with Gasteiger partial charge in [-0.3, -0.25) is 9.69 Å². The van der Waals surface area contributed by atoms with Crippen molar-refractivity contribution in [3.05, 3.63) is 0 Å². The molecule has 19 heavy (non-hydrogen) atoms. The van der Waals surface area contributed by atoms with E-state index in [1.54, 1.807) is 7.11 Å². The van der Waals surface area contributed by atoms with E-state index in [4.69, 9.17) is 4.74 Å². The minimum Gasteiger partial charge on any atom is -0.381 e. The van der Waals surface area contributed by atoms with Crippen molar-refractivity contribution in [1.82, 2.24) is 15.1 Å². The van der Waals surface area contributed by atoms with Crippen LogP contribution in [0, 0.1) is 0 Å². The molecule has 112 valence electrons. The highest BCUT2D eigenvalue weighted by molar-refractivity contribution is 5.81. The van der Waals surface area contributed by atoms with E-state index in [0.29, 0.717) is 6.10 Å². The smallest absolute Gasteiger partial charge is 0.237 e. The van der Waals surface area contributed by atoms with Gasteiger partial charge >= 0.3 is 0 Å². The number of hydrogen-bond donors (Lipinski definition) is 1. The van der Waals surface area contributed by atoms with Gasteiger partial charge in [-0.1, -0.05) is 6.92 Å². The Bertz CT molecular complexity index is 263. The molecule has 1 fully saturated rings. The Hall–Kier alpha value is -0.650. The molecule has 1 amide bonds. The first-order valence-corrected chi connectivity index (χ1v) is 7.27. The second kappa shape index (κ2) is 8.51. The first-order chi connectivity index (χ1) is 9.08. The molecule has 1 aliphatic rings. The molecular formula is C14H29N3O2. The average molecular weight is 271 g/mol. The molecular weight excluding hydrogens is 242 g/mol. The largest absolute Gasteiger partial charge is 0.381 e. The summed E-state index contributed by atoms with van der Waals surface area (Å²) in [6, 6.07) is -0.0146. The van der Waals surface area contributed by atoms with Gasteiger partial charge in [0.15, 0.2) is 0 Å². The zero-order chi connectivity index (χ0) is 14.3. The molecule has 1 unspecified atom stereocenters. The summed E-state index contributed by atoms with van der Waals surface area (Å²) >= 11 is 0. The predicted octanol–water partition coefficient (Wildman–Crippen LogP) is 0.554. The molecule has 1 saturated heterocycles. The van der Waals surface area contributed by atoms with Gasteiger partial charge < -0.3 is 15.0 Å². The SMILES string of the molecule is CCC(C(=O)NCCN1CCC(OC)CC1)N(C)C. The number of likely N-dealkylation sites (tertiary alicyclic amines) is 1. The van der Waals surface area contributed by atoms with Crippen LogP contribution >= 0.6 is 0 Å². The van der Waals surface area contributed by atoms with E-state index in [0.717, 1.165) is 45.4 Å². The van der Waals surface area contributed by atoms with Crippen LogP contribution in [0.3, 0.4) is 0 Å². The molecule has 0 spiro atoms. The summed E-state index contributed by atoms with van der Waals surface area (Å²) in [4.78, 5) is 16.3. The second-order valence-electron chi connectivity index (χ2n) is 5.46. The molecule has 1 atom stereocenters. The van der Waals surface area contributed by atoms with Crippen molar-refractivity contribution in [2.24, 2.45) is 0 Å². The van der Waals surface area contributed by atoms with Crippen molar-refractivity contribution >= 4 is 5.91 Å². The monoisotopic (exact) mass is 271 g/mol. The molecule has 1 N–H and O–H groups in total. The maximum Gasteiger partial charge on any atom is 0.237 e. The number of carbonyl (C=O) groups excluding carboxylic acids is 1. The van der Waals surface area contributed by atoms with Gasteiger partial charge in [0, 0.05) is 33.3 Å². The summed E-state index contributed by atoms with van der Waals surface area (Å²) in [5, 5.41) is 3.03.